The lowest BCUT2D eigenvalue weighted by atomic mass is 9.99. The Kier molecular flexibility index (Phi) is 3.96. The SMILES string of the molecule is CCC1OCCC1Cn1c(C(F)(F)F)nc2c1CCNC2. The highest BCUT2D eigenvalue weighted by molar-refractivity contribution is 5.22. The molecule has 1 saturated heterocycles. The van der Waals surface area contributed by atoms with Crippen molar-refractivity contribution in [3.8, 4) is 0 Å². The molecule has 4 nitrogen and oxygen atoms in total. The number of rotatable bonds is 3. The summed E-state index contributed by atoms with van der Waals surface area (Å²) < 4.78 is 46.8. The Morgan fingerprint density at radius 1 is 1.43 bits per heavy atom. The minimum Gasteiger partial charge on any atom is -0.378 e. The van der Waals surface area contributed by atoms with Gasteiger partial charge in [-0.05, 0) is 12.8 Å². The van der Waals surface area contributed by atoms with Crippen LogP contribution in [0, 0.1) is 5.92 Å². The van der Waals surface area contributed by atoms with Crippen LogP contribution in [-0.2, 0) is 30.4 Å². The Morgan fingerprint density at radius 2 is 2.24 bits per heavy atom. The van der Waals surface area contributed by atoms with Gasteiger partial charge in [0.05, 0.1) is 11.8 Å². The van der Waals surface area contributed by atoms with Gasteiger partial charge in [0.2, 0.25) is 5.82 Å². The summed E-state index contributed by atoms with van der Waals surface area (Å²) in [5, 5.41) is 3.08. The molecule has 118 valence electrons. The molecule has 2 aliphatic heterocycles. The molecule has 0 spiro atoms. The van der Waals surface area contributed by atoms with Crippen LogP contribution < -0.4 is 5.32 Å². The summed E-state index contributed by atoms with van der Waals surface area (Å²) in [6, 6.07) is 0. The maximum absolute atomic E-state index is 13.3. The number of imidazole rings is 1. The zero-order valence-electron chi connectivity index (χ0n) is 12.0. The van der Waals surface area contributed by atoms with Gasteiger partial charge in [-0.1, -0.05) is 6.92 Å². The number of aromatic nitrogens is 2. The van der Waals surface area contributed by atoms with E-state index >= 15 is 0 Å². The number of halogens is 3. The highest BCUT2D eigenvalue weighted by Crippen LogP contribution is 2.34. The second kappa shape index (κ2) is 5.61. The summed E-state index contributed by atoms with van der Waals surface area (Å²) in [5.41, 5.74) is 1.28. The van der Waals surface area contributed by atoms with Crippen molar-refractivity contribution < 1.29 is 17.9 Å². The lowest BCUT2D eigenvalue weighted by molar-refractivity contribution is -0.147. The van der Waals surface area contributed by atoms with E-state index in [0.29, 0.717) is 38.4 Å². The van der Waals surface area contributed by atoms with E-state index in [9.17, 15) is 13.2 Å². The van der Waals surface area contributed by atoms with Crippen LogP contribution in [0.2, 0.25) is 0 Å². The van der Waals surface area contributed by atoms with E-state index in [1.54, 1.807) is 0 Å². The molecule has 0 bridgehead atoms. The van der Waals surface area contributed by atoms with Crippen molar-refractivity contribution in [2.45, 2.75) is 51.6 Å². The molecule has 0 saturated carbocycles. The lowest BCUT2D eigenvalue weighted by Gasteiger charge is -2.22. The first kappa shape index (κ1) is 14.8. The number of nitrogens with one attached hydrogen (secondary N) is 1. The first-order valence-electron chi connectivity index (χ1n) is 7.48. The molecule has 21 heavy (non-hydrogen) atoms. The maximum atomic E-state index is 13.3. The normalized spacial score (nSPS) is 26.1. The van der Waals surface area contributed by atoms with Crippen molar-refractivity contribution in [3.63, 3.8) is 0 Å². The van der Waals surface area contributed by atoms with Gasteiger partial charge in [0.1, 0.15) is 0 Å². The first-order valence-corrected chi connectivity index (χ1v) is 7.48. The van der Waals surface area contributed by atoms with Crippen molar-refractivity contribution in [2.24, 2.45) is 5.92 Å². The molecule has 3 rings (SSSR count). The Labute approximate surface area is 121 Å². The van der Waals surface area contributed by atoms with Crippen LogP contribution in [0.25, 0.3) is 0 Å². The third-order valence-electron chi connectivity index (χ3n) is 4.41. The minimum atomic E-state index is -4.40. The minimum absolute atomic E-state index is 0.0610. The smallest absolute Gasteiger partial charge is 0.378 e. The van der Waals surface area contributed by atoms with Crippen LogP contribution in [0.4, 0.5) is 13.2 Å². The number of fused-ring (bicyclic) bond motifs is 1. The molecular formula is C14H20F3N3O. The van der Waals surface area contributed by atoms with Gasteiger partial charge >= 0.3 is 6.18 Å². The summed E-state index contributed by atoms with van der Waals surface area (Å²) in [4.78, 5) is 3.85. The fourth-order valence-corrected chi connectivity index (χ4v) is 3.37. The average Bonchev–Trinajstić information content (AvgIpc) is 3.03. The van der Waals surface area contributed by atoms with Crippen molar-refractivity contribution in [3.05, 3.63) is 17.2 Å². The van der Waals surface area contributed by atoms with Crippen LogP contribution >= 0.6 is 0 Å². The molecule has 1 fully saturated rings. The van der Waals surface area contributed by atoms with Gasteiger partial charge in [-0.15, -0.1) is 0 Å². The highest BCUT2D eigenvalue weighted by atomic mass is 19.4. The van der Waals surface area contributed by atoms with E-state index in [0.717, 1.165) is 18.5 Å². The molecule has 1 aromatic heterocycles. The van der Waals surface area contributed by atoms with E-state index in [1.807, 2.05) is 6.92 Å². The predicted molar refractivity (Wildman–Crippen MR) is 70.8 cm³/mol. The molecule has 0 aliphatic carbocycles. The quantitative estimate of drug-likeness (QED) is 0.932. The zero-order valence-corrected chi connectivity index (χ0v) is 12.0. The number of ether oxygens (including phenoxy) is 1. The molecule has 2 atom stereocenters. The van der Waals surface area contributed by atoms with Crippen LogP contribution in [0.5, 0.6) is 0 Å². The fraction of sp³-hybridized carbons (Fsp3) is 0.786. The molecule has 1 aromatic rings. The molecule has 1 N–H and O–H groups in total. The zero-order chi connectivity index (χ0) is 15.0. The highest BCUT2D eigenvalue weighted by Gasteiger charge is 2.40. The van der Waals surface area contributed by atoms with Gasteiger partial charge in [0, 0.05) is 44.3 Å². The topological polar surface area (TPSA) is 39.1 Å². The van der Waals surface area contributed by atoms with Gasteiger partial charge < -0.3 is 14.6 Å². The van der Waals surface area contributed by atoms with Crippen molar-refractivity contribution >= 4 is 0 Å². The largest absolute Gasteiger partial charge is 0.449 e. The number of hydrogen-bond acceptors (Lipinski definition) is 3. The van der Waals surface area contributed by atoms with E-state index in [2.05, 4.69) is 10.3 Å². The van der Waals surface area contributed by atoms with Crippen molar-refractivity contribution in [2.75, 3.05) is 13.2 Å². The van der Waals surface area contributed by atoms with E-state index < -0.39 is 12.0 Å². The fourth-order valence-electron chi connectivity index (χ4n) is 3.37. The maximum Gasteiger partial charge on any atom is 0.449 e. The Morgan fingerprint density at radius 3 is 2.95 bits per heavy atom. The summed E-state index contributed by atoms with van der Waals surface area (Å²) in [7, 11) is 0. The molecule has 7 heteroatoms. The second-order valence-electron chi connectivity index (χ2n) is 5.73. The Bertz CT molecular complexity index is 512. The standard InChI is InChI=1S/C14H20F3N3O/c1-2-12-9(4-6-21-12)8-20-11-3-5-18-7-10(11)19-13(20)14(15,16)17/h9,12,18H,2-8H2,1H3. The van der Waals surface area contributed by atoms with E-state index in [1.165, 1.54) is 4.57 Å². The molecular weight excluding hydrogens is 283 g/mol. The van der Waals surface area contributed by atoms with Crippen molar-refractivity contribution in [1.29, 1.82) is 0 Å². The number of alkyl halides is 3. The van der Waals surface area contributed by atoms with Gasteiger partial charge in [0.25, 0.3) is 0 Å². The summed E-state index contributed by atoms with van der Waals surface area (Å²) in [6.07, 6.45) is -2.09. The Hall–Kier alpha value is -1.08. The van der Waals surface area contributed by atoms with E-state index in [-0.39, 0.29) is 12.0 Å². The molecule has 3 heterocycles. The van der Waals surface area contributed by atoms with Gasteiger partial charge in [-0.2, -0.15) is 13.2 Å². The van der Waals surface area contributed by atoms with Crippen LogP contribution in [0.15, 0.2) is 0 Å². The molecule has 2 aliphatic rings. The predicted octanol–water partition coefficient (Wildman–Crippen LogP) is 2.36. The summed E-state index contributed by atoms with van der Waals surface area (Å²) in [6.45, 7) is 4.14. The molecule has 0 radical (unpaired) electrons. The third kappa shape index (κ3) is 2.81. The van der Waals surface area contributed by atoms with Crippen molar-refractivity contribution in [1.82, 2.24) is 14.9 Å². The van der Waals surface area contributed by atoms with Crippen LogP contribution in [-0.4, -0.2) is 28.8 Å². The molecule has 0 amide bonds. The number of hydrogen-bond donors (Lipinski definition) is 1. The third-order valence-corrected chi connectivity index (χ3v) is 4.41. The molecule has 0 aromatic carbocycles. The monoisotopic (exact) mass is 303 g/mol. The second-order valence-corrected chi connectivity index (χ2v) is 5.73. The van der Waals surface area contributed by atoms with Gasteiger partial charge in [-0.25, -0.2) is 4.98 Å². The molecule has 2 unspecified atom stereocenters. The lowest BCUT2D eigenvalue weighted by Crippen LogP contribution is -2.28. The summed E-state index contributed by atoms with van der Waals surface area (Å²) >= 11 is 0. The van der Waals surface area contributed by atoms with Gasteiger partial charge in [0.15, 0.2) is 0 Å². The number of nitrogens with zero attached hydrogens (tertiary/aromatic N) is 2. The van der Waals surface area contributed by atoms with E-state index in [4.69, 9.17) is 4.74 Å². The average molecular weight is 303 g/mol. The Balaban J connectivity index is 1.94. The van der Waals surface area contributed by atoms with Crippen LogP contribution in [0.3, 0.4) is 0 Å². The van der Waals surface area contributed by atoms with Gasteiger partial charge in [-0.3, -0.25) is 0 Å². The summed E-state index contributed by atoms with van der Waals surface area (Å²) in [5.74, 6) is -0.609. The first-order chi connectivity index (χ1) is 10.0. The van der Waals surface area contributed by atoms with Crippen LogP contribution in [0.1, 0.15) is 37.0 Å².